The van der Waals surface area contributed by atoms with Gasteiger partial charge in [-0.15, -0.1) is 0 Å². The summed E-state index contributed by atoms with van der Waals surface area (Å²) in [6.45, 7) is 3.35. The molecule has 0 rings (SSSR count). The fourth-order valence-corrected chi connectivity index (χ4v) is 0.734. The van der Waals surface area contributed by atoms with Crippen LogP contribution in [0.2, 0.25) is 0 Å². The lowest BCUT2D eigenvalue weighted by Crippen LogP contribution is -2.24. The molecule has 0 aliphatic heterocycles. The zero-order valence-electron chi connectivity index (χ0n) is 10.4. The highest BCUT2D eigenvalue weighted by Crippen LogP contribution is 2.45. The van der Waals surface area contributed by atoms with Gasteiger partial charge in [0.1, 0.15) is 6.66 Å². The maximum absolute atomic E-state index is 8.46. The Morgan fingerprint density at radius 1 is 1.18 bits per heavy atom. The highest BCUT2D eigenvalue weighted by molar-refractivity contribution is 7.80. The molecule has 0 heterocycles. The average Bonchev–Trinajstić information content (AvgIpc) is 2.17. The number of nitrogens with one attached hydrogen (secondary N) is 2. The van der Waals surface area contributed by atoms with Crippen LogP contribution in [0, 0.1) is 0 Å². The van der Waals surface area contributed by atoms with Gasteiger partial charge in [0.2, 0.25) is 0 Å². The highest BCUT2D eigenvalue weighted by atomic mass is 32.1. The van der Waals surface area contributed by atoms with Gasteiger partial charge in [-0.05, 0) is 31.4 Å². The molecule has 0 atom stereocenters. The fourth-order valence-electron chi connectivity index (χ4n) is 0.245. The Balaban J connectivity index is -0.000000177. The lowest BCUT2D eigenvalue weighted by atomic mass is 10.9. The van der Waals surface area contributed by atoms with E-state index in [-0.39, 0.29) is 0 Å². The molecule has 17 heavy (non-hydrogen) atoms. The maximum atomic E-state index is 8.46. The third-order valence-electron chi connectivity index (χ3n) is 0.866. The highest BCUT2D eigenvalue weighted by Gasteiger charge is 2.24. The second kappa shape index (κ2) is 13.8. The molecular formula is C7H22N4O3PS2+. The molecule has 104 valence electrons. The molecule has 0 fully saturated rings. The van der Waals surface area contributed by atoms with E-state index in [9.17, 15) is 0 Å². The van der Waals surface area contributed by atoms with Crippen molar-refractivity contribution in [2.75, 3.05) is 27.4 Å². The molecule has 0 aliphatic rings. The zero-order chi connectivity index (χ0) is 14.5. The predicted octanol–water partition coefficient (Wildman–Crippen LogP) is -0.701. The molecule has 0 aromatic rings. The van der Waals surface area contributed by atoms with Crippen molar-refractivity contribution in [3.63, 3.8) is 0 Å². The van der Waals surface area contributed by atoms with Gasteiger partial charge < -0.3 is 22.1 Å². The quantitative estimate of drug-likeness (QED) is 0.290. The van der Waals surface area contributed by atoms with Gasteiger partial charge in [-0.25, -0.2) is 0 Å². The smallest absolute Gasteiger partial charge is 0.376 e. The molecule has 0 amide bonds. The molecule has 7 nitrogen and oxygen atoms in total. The van der Waals surface area contributed by atoms with E-state index in [0.717, 1.165) is 0 Å². The number of thiocarbonyl (C=S) groups is 2. The van der Waals surface area contributed by atoms with Crippen molar-refractivity contribution >= 4 is 42.6 Å². The van der Waals surface area contributed by atoms with E-state index in [1.165, 1.54) is 6.66 Å². The molecule has 0 aromatic carbocycles. The first kappa shape index (κ1) is 21.9. The van der Waals surface area contributed by atoms with E-state index in [2.05, 4.69) is 39.6 Å². The van der Waals surface area contributed by atoms with E-state index in [4.69, 9.17) is 21.3 Å². The number of rotatable bonds is 2. The van der Waals surface area contributed by atoms with Gasteiger partial charge in [-0.1, -0.05) is 0 Å². The van der Waals surface area contributed by atoms with Gasteiger partial charge in [-0.2, -0.15) is 14.3 Å². The molecule has 10 heteroatoms. The number of hydrogen-bond acceptors (Lipinski definition) is 5. The first-order valence-corrected chi connectivity index (χ1v) is 7.39. The van der Waals surface area contributed by atoms with Gasteiger partial charge in [0, 0.05) is 14.1 Å². The standard InChI is InChI=1S/C3H10O3P.2C2H6N2S/c1-3-6-7(2,4)5;2*1-4-2(3)5/h4-5H,3H2,1-2H3;2*1H3,(H3,3,4,5)/q+1;;. The monoisotopic (exact) mass is 305 g/mol. The van der Waals surface area contributed by atoms with Crippen LogP contribution in [-0.4, -0.2) is 47.4 Å². The Bertz CT molecular complexity index is 200. The van der Waals surface area contributed by atoms with Crippen LogP contribution in [0.1, 0.15) is 6.92 Å². The summed E-state index contributed by atoms with van der Waals surface area (Å²) in [4.78, 5) is 16.9. The minimum atomic E-state index is -2.92. The summed E-state index contributed by atoms with van der Waals surface area (Å²) in [5, 5.41) is 5.75. The van der Waals surface area contributed by atoms with E-state index >= 15 is 0 Å². The van der Waals surface area contributed by atoms with Crippen LogP contribution in [-0.2, 0) is 4.52 Å². The van der Waals surface area contributed by atoms with Crippen LogP contribution < -0.4 is 22.1 Å². The van der Waals surface area contributed by atoms with Crippen LogP contribution >= 0.6 is 32.4 Å². The number of hydrogen-bond donors (Lipinski definition) is 6. The summed E-state index contributed by atoms with van der Waals surface area (Å²) in [5.74, 6) is 0. The van der Waals surface area contributed by atoms with Crippen molar-refractivity contribution in [3.05, 3.63) is 0 Å². The largest absolute Gasteiger partial charge is 0.403 e. The van der Waals surface area contributed by atoms with Crippen LogP contribution in [0.15, 0.2) is 0 Å². The normalized spacial score (nSPS) is 8.82. The molecule has 0 unspecified atom stereocenters. The summed E-state index contributed by atoms with van der Waals surface area (Å²) in [5.41, 5.74) is 9.82. The Morgan fingerprint density at radius 3 is 1.41 bits per heavy atom. The fraction of sp³-hybridized carbons (Fsp3) is 0.714. The first-order chi connectivity index (χ1) is 7.60. The minimum absolute atomic E-state index is 0.338. The van der Waals surface area contributed by atoms with Crippen molar-refractivity contribution in [1.29, 1.82) is 0 Å². The van der Waals surface area contributed by atoms with E-state index < -0.39 is 7.94 Å². The van der Waals surface area contributed by atoms with Crippen molar-refractivity contribution in [3.8, 4) is 0 Å². The van der Waals surface area contributed by atoms with Crippen LogP contribution in [0.25, 0.3) is 0 Å². The van der Waals surface area contributed by atoms with Gasteiger partial charge in [-0.3, -0.25) is 0 Å². The Kier molecular flexibility index (Phi) is 17.7. The minimum Gasteiger partial charge on any atom is -0.376 e. The van der Waals surface area contributed by atoms with Crippen molar-refractivity contribution in [1.82, 2.24) is 10.6 Å². The molecule has 0 radical (unpaired) electrons. The van der Waals surface area contributed by atoms with Gasteiger partial charge in [0.05, 0.1) is 6.61 Å². The van der Waals surface area contributed by atoms with Gasteiger partial charge in [0.25, 0.3) is 0 Å². The third kappa shape index (κ3) is 49.7. The Morgan fingerprint density at radius 2 is 1.41 bits per heavy atom. The molecule has 0 saturated heterocycles. The summed E-state index contributed by atoms with van der Waals surface area (Å²) >= 11 is 8.73. The summed E-state index contributed by atoms with van der Waals surface area (Å²) in [6.07, 6.45) is 0. The van der Waals surface area contributed by atoms with Crippen LogP contribution in [0.3, 0.4) is 0 Å². The lowest BCUT2D eigenvalue weighted by molar-refractivity contribution is 0.247. The molecule has 0 bridgehead atoms. The number of nitrogens with two attached hydrogens (primary N) is 2. The second-order valence-corrected chi connectivity index (χ2v) is 5.29. The summed E-state index contributed by atoms with van der Waals surface area (Å²) in [7, 11) is 0.450. The second-order valence-electron chi connectivity index (χ2n) is 2.48. The van der Waals surface area contributed by atoms with Crippen molar-refractivity contribution < 1.29 is 14.3 Å². The molecule has 0 aliphatic carbocycles. The Hall–Kier alpha value is -0.310. The molecule has 0 aromatic heterocycles. The lowest BCUT2D eigenvalue weighted by Gasteiger charge is -2.00. The molecule has 0 spiro atoms. The molecular weight excluding hydrogens is 283 g/mol. The maximum Gasteiger partial charge on any atom is 0.403 e. The van der Waals surface area contributed by atoms with Crippen LogP contribution in [0.5, 0.6) is 0 Å². The zero-order valence-corrected chi connectivity index (χ0v) is 13.0. The van der Waals surface area contributed by atoms with E-state index in [1.807, 2.05) is 0 Å². The van der Waals surface area contributed by atoms with E-state index in [1.54, 1.807) is 21.0 Å². The third-order valence-corrected chi connectivity index (χ3v) is 2.02. The van der Waals surface area contributed by atoms with Crippen LogP contribution in [0.4, 0.5) is 0 Å². The van der Waals surface area contributed by atoms with E-state index in [0.29, 0.717) is 16.8 Å². The summed E-state index contributed by atoms with van der Waals surface area (Å²) < 4.78 is 4.45. The van der Waals surface area contributed by atoms with Crippen molar-refractivity contribution in [2.45, 2.75) is 6.92 Å². The first-order valence-electron chi connectivity index (χ1n) is 4.51. The Labute approximate surface area is 113 Å². The topological polar surface area (TPSA) is 126 Å². The molecule has 0 saturated carbocycles. The van der Waals surface area contributed by atoms with Crippen molar-refractivity contribution in [2.24, 2.45) is 11.5 Å². The molecule has 8 N–H and O–H groups in total. The van der Waals surface area contributed by atoms with Gasteiger partial charge >= 0.3 is 7.94 Å². The SMILES string of the molecule is CCO[P+](C)(O)O.CNC(N)=S.CNC(N)=S. The van der Waals surface area contributed by atoms with Gasteiger partial charge in [0.15, 0.2) is 10.2 Å². The predicted molar refractivity (Wildman–Crippen MR) is 80.6 cm³/mol. The summed E-state index contributed by atoms with van der Waals surface area (Å²) in [6, 6.07) is 0. The average molecular weight is 305 g/mol.